The fourth-order valence-corrected chi connectivity index (χ4v) is 3.02. The Balaban J connectivity index is 1.77. The second kappa shape index (κ2) is 7.97. The quantitative estimate of drug-likeness (QED) is 0.804. The molecule has 22 heavy (non-hydrogen) atoms. The molecule has 0 aliphatic heterocycles. The van der Waals surface area contributed by atoms with Crippen LogP contribution in [0.4, 0.5) is 5.69 Å². The number of carbonyl (C=O) groups excluding carboxylic acids is 1. The summed E-state index contributed by atoms with van der Waals surface area (Å²) in [4.78, 5) is 22.8. The number of carboxylic acid groups (broad SMARTS) is 1. The molecule has 1 amide bonds. The van der Waals surface area contributed by atoms with Crippen LogP contribution in [-0.2, 0) is 16.0 Å². The monoisotopic (exact) mass is 303 g/mol. The lowest BCUT2D eigenvalue weighted by Gasteiger charge is -2.10. The number of nitrogens with one attached hydrogen (secondary N) is 1. The van der Waals surface area contributed by atoms with E-state index in [4.69, 9.17) is 5.11 Å². The minimum Gasteiger partial charge on any atom is -0.481 e. The number of benzene rings is 1. The molecule has 1 aromatic carbocycles. The van der Waals surface area contributed by atoms with Crippen LogP contribution in [0.25, 0.3) is 0 Å². The summed E-state index contributed by atoms with van der Waals surface area (Å²) in [7, 11) is 0. The van der Waals surface area contributed by atoms with Crippen molar-refractivity contribution in [2.75, 3.05) is 5.32 Å². The van der Waals surface area contributed by atoms with Crippen molar-refractivity contribution < 1.29 is 14.7 Å². The molecule has 1 aliphatic rings. The molecule has 1 aliphatic carbocycles. The zero-order valence-electron chi connectivity index (χ0n) is 13.2. The minimum atomic E-state index is -0.788. The van der Waals surface area contributed by atoms with Gasteiger partial charge in [-0.05, 0) is 36.5 Å². The predicted octanol–water partition coefficient (Wildman–Crippen LogP) is 3.86. The van der Waals surface area contributed by atoms with E-state index in [0.717, 1.165) is 23.6 Å². The van der Waals surface area contributed by atoms with Gasteiger partial charge in [0.1, 0.15) is 0 Å². The minimum absolute atomic E-state index is 0.0681. The van der Waals surface area contributed by atoms with Gasteiger partial charge in [0.05, 0.1) is 5.92 Å². The highest BCUT2D eigenvalue weighted by Gasteiger charge is 2.16. The van der Waals surface area contributed by atoms with E-state index in [1.165, 1.54) is 25.7 Å². The molecule has 0 heterocycles. The number of carbonyl (C=O) groups is 2. The molecule has 0 spiro atoms. The van der Waals surface area contributed by atoms with E-state index in [0.29, 0.717) is 12.8 Å². The van der Waals surface area contributed by atoms with E-state index >= 15 is 0 Å². The van der Waals surface area contributed by atoms with Gasteiger partial charge in [0, 0.05) is 12.1 Å². The molecule has 1 aromatic rings. The molecular weight excluding hydrogens is 278 g/mol. The number of aliphatic carboxylic acids is 1. The molecule has 0 aromatic heterocycles. The van der Waals surface area contributed by atoms with E-state index in [1.807, 2.05) is 24.3 Å². The number of amides is 1. The van der Waals surface area contributed by atoms with Crippen LogP contribution in [0.5, 0.6) is 0 Å². The van der Waals surface area contributed by atoms with E-state index < -0.39 is 11.9 Å². The molecule has 0 bridgehead atoms. The first kappa shape index (κ1) is 16.5. The molecule has 2 N–H and O–H groups in total. The Morgan fingerprint density at radius 2 is 1.86 bits per heavy atom. The van der Waals surface area contributed by atoms with Crippen molar-refractivity contribution in [3.8, 4) is 0 Å². The molecule has 1 atom stereocenters. The molecule has 1 saturated carbocycles. The van der Waals surface area contributed by atoms with E-state index in [1.54, 1.807) is 6.92 Å². The normalized spacial score (nSPS) is 16.4. The van der Waals surface area contributed by atoms with Crippen LogP contribution in [0, 0.1) is 11.8 Å². The van der Waals surface area contributed by atoms with Gasteiger partial charge in [0.25, 0.3) is 0 Å². The predicted molar refractivity (Wildman–Crippen MR) is 86.8 cm³/mol. The topological polar surface area (TPSA) is 66.4 Å². The van der Waals surface area contributed by atoms with Gasteiger partial charge in [-0.15, -0.1) is 0 Å². The summed E-state index contributed by atoms with van der Waals surface area (Å²) >= 11 is 0. The standard InChI is InChI=1S/C18H25NO3/c1-13(18(21)22)12-15-6-9-16(10-7-15)19-17(20)11-8-14-4-2-3-5-14/h6-7,9-10,13-14H,2-5,8,11-12H2,1H3,(H,19,20)(H,21,22). The van der Waals surface area contributed by atoms with E-state index in [2.05, 4.69) is 5.32 Å². The van der Waals surface area contributed by atoms with Gasteiger partial charge in [-0.2, -0.15) is 0 Å². The molecule has 0 saturated heterocycles. The molecule has 4 nitrogen and oxygen atoms in total. The van der Waals surface area contributed by atoms with Crippen molar-refractivity contribution >= 4 is 17.6 Å². The first-order chi connectivity index (χ1) is 10.5. The number of hydrogen-bond acceptors (Lipinski definition) is 2. The van der Waals surface area contributed by atoms with Gasteiger partial charge in [0.15, 0.2) is 0 Å². The van der Waals surface area contributed by atoms with Crippen LogP contribution in [0.1, 0.15) is 51.0 Å². The summed E-state index contributed by atoms with van der Waals surface area (Å²) in [5.41, 5.74) is 1.75. The second-order valence-electron chi connectivity index (χ2n) is 6.38. The summed E-state index contributed by atoms with van der Waals surface area (Å²) in [5.74, 6) is -0.389. The smallest absolute Gasteiger partial charge is 0.306 e. The highest BCUT2D eigenvalue weighted by Crippen LogP contribution is 2.28. The largest absolute Gasteiger partial charge is 0.481 e. The second-order valence-corrected chi connectivity index (χ2v) is 6.38. The summed E-state index contributed by atoms with van der Waals surface area (Å²) in [5, 5.41) is 11.8. The Morgan fingerprint density at radius 1 is 1.23 bits per heavy atom. The van der Waals surface area contributed by atoms with Crippen LogP contribution in [0.15, 0.2) is 24.3 Å². The SMILES string of the molecule is CC(Cc1ccc(NC(=O)CCC2CCCC2)cc1)C(=O)O. The van der Waals surface area contributed by atoms with Crippen molar-refractivity contribution in [1.29, 1.82) is 0 Å². The molecular formula is C18H25NO3. The third-order valence-corrected chi connectivity index (χ3v) is 4.46. The summed E-state index contributed by atoms with van der Waals surface area (Å²) in [6.07, 6.45) is 7.23. The molecule has 120 valence electrons. The Hall–Kier alpha value is -1.84. The third kappa shape index (κ3) is 5.17. The van der Waals surface area contributed by atoms with Crippen molar-refractivity contribution in [1.82, 2.24) is 0 Å². The Kier molecular flexibility index (Phi) is 5.99. The lowest BCUT2D eigenvalue weighted by atomic mass is 10.0. The van der Waals surface area contributed by atoms with Crippen LogP contribution in [-0.4, -0.2) is 17.0 Å². The summed E-state index contributed by atoms with van der Waals surface area (Å²) in [6, 6.07) is 7.45. The maximum Gasteiger partial charge on any atom is 0.306 e. The molecule has 2 rings (SSSR count). The highest BCUT2D eigenvalue weighted by molar-refractivity contribution is 5.90. The lowest BCUT2D eigenvalue weighted by Crippen LogP contribution is -2.13. The fourth-order valence-electron chi connectivity index (χ4n) is 3.02. The van der Waals surface area contributed by atoms with Crippen molar-refractivity contribution in [2.45, 2.75) is 51.9 Å². The highest BCUT2D eigenvalue weighted by atomic mass is 16.4. The summed E-state index contributed by atoms with van der Waals surface area (Å²) < 4.78 is 0. The molecule has 1 unspecified atom stereocenters. The van der Waals surface area contributed by atoms with Gasteiger partial charge in [-0.3, -0.25) is 9.59 Å². The molecule has 1 fully saturated rings. The molecule has 0 radical (unpaired) electrons. The number of rotatable bonds is 7. The average molecular weight is 303 g/mol. The first-order valence-corrected chi connectivity index (χ1v) is 8.16. The Labute approximate surface area is 131 Å². The van der Waals surface area contributed by atoms with Crippen LogP contribution in [0.3, 0.4) is 0 Å². The number of anilines is 1. The van der Waals surface area contributed by atoms with Gasteiger partial charge in [-0.25, -0.2) is 0 Å². The Bertz CT molecular complexity index is 504. The zero-order valence-corrected chi connectivity index (χ0v) is 13.2. The first-order valence-electron chi connectivity index (χ1n) is 8.16. The zero-order chi connectivity index (χ0) is 15.9. The van der Waals surface area contributed by atoms with Crippen molar-refractivity contribution in [3.05, 3.63) is 29.8 Å². The third-order valence-electron chi connectivity index (χ3n) is 4.46. The average Bonchev–Trinajstić information content (AvgIpc) is 3.00. The summed E-state index contributed by atoms with van der Waals surface area (Å²) in [6.45, 7) is 1.70. The Morgan fingerprint density at radius 3 is 2.45 bits per heavy atom. The maximum atomic E-state index is 11.9. The van der Waals surface area contributed by atoms with Gasteiger partial charge in [0.2, 0.25) is 5.91 Å². The van der Waals surface area contributed by atoms with Crippen molar-refractivity contribution in [3.63, 3.8) is 0 Å². The fraction of sp³-hybridized carbons (Fsp3) is 0.556. The number of hydrogen-bond donors (Lipinski definition) is 2. The van der Waals surface area contributed by atoms with Gasteiger partial charge in [-0.1, -0.05) is 44.7 Å². The van der Waals surface area contributed by atoms with E-state index in [9.17, 15) is 9.59 Å². The van der Waals surface area contributed by atoms with Crippen molar-refractivity contribution in [2.24, 2.45) is 11.8 Å². The van der Waals surface area contributed by atoms with Gasteiger partial charge >= 0.3 is 5.97 Å². The lowest BCUT2D eigenvalue weighted by molar-refractivity contribution is -0.141. The van der Waals surface area contributed by atoms with Crippen LogP contribution in [0.2, 0.25) is 0 Å². The van der Waals surface area contributed by atoms with Crippen LogP contribution >= 0.6 is 0 Å². The molecule has 4 heteroatoms. The maximum absolute atomic E-state index is 11.9. The van der Waals surface area contributed by atoms with Crippen LogP contribution < -0.4 is 5.32 Å². The number of carboxylic acids is 1. The van der Waals surface area contributed by atoms with Gasteiger partial charge < -0.3 is 10.4 Å². The van der Waals surface area contributed by atoms with E-state index in [-0.39, 0.29) is 5.91 Å².